The van der Waals surface area contributed by atoms with Crippen LogP contribution in [0.1, 0.15) is 105 Å². The molecule has 8 atom stereocenters. The number of allylic oxidation sites excluding steroid dienone is 1. The minimum absolute atomic E-state index is 0. The number of rotatable bonds is 5. The van der Waals surface area contributed by atoms with Gasteiger partial charge in [0.15, 0.2) is 0 Å². The Balaban J connectivity index is 0.00000240. The monoisotopic (exact) mass is 420 g/mol. The molecule has 0 aromatic rings. The first-order valence-corrected chi connectivity index (χ1v) is 12.6. The molecular formula is C27H48OS. The second-order valence-electron chi connectivity index (χ2n) is 12.2. The second kappa shape index (κ2) is 8.89. The summed E-state index contributed by atoms with van der Waals surface area (Å²) < 4.78 is 0. The van der Waals surface area contributed by atoms with Gasteiger partial charge in [0, 0.05) is 0 Å². The van der Waals surface area contributed by atoms with Gasteiger partial charge in [0.05, 0.1) is 6.10 Å². The van der Waals surface area contributed by atoms with E-state index in [1.807, 2.05) is 0 Å². The maximum Gasteiger partial charge on any atom is 0.0577 e. The Morgan fingerprint density at radius 2 is 1.76 bits per heavy atom. The molecule has 1 nitrogen and oxygen atoms in total. The lowest BCUT2D eigenvalue weighted by atomic mass is 9.47. The van der Waals surface area contributed by atoms with Gasteiger partial charge in [0.1, 0.15) is 0 Å². The smallest absolute Gasteiger partial charge is 0.0577 e. The molecule has 0 aliphatic heterocycles. The van der Waals surface area contributed by atoms with Crippen LogP contribution in [-0.2, 0) is 0 Å². The lowest BCUT2D eigenvalue weighted by Gasteiger charge is -2.58. The molecule has 29 heavy (non-hydrogen) atoms. The van der Waals surface area contributed by atoms with Crippen LogP contribution in [-0.4, -0.2) is 11.2 Å². The van der Waals surface area contributed by atoms with E-state index in [0.29, 0.717) is 10.8 Å². The third kappa shape index (κ3) is 4.11. The topological polar surface area (TPSA) is 20.2 Å². The van der Waals surface area contributed by atoms with E-state index in [2.05, 4.69) is 40.7 Å². The van der Waals surface area contributed by atoms with Gasteiger partial charge in [-0.15, -0.1) is 0 Å². The van der Waals surface area contributed by atoms with Crippen molar-refractivity contribution in [3.05, 3.63) is 11.6 Å². The Bertz CT molecular complexity index is 597. The van der Waals surface area contributed by atoms with E-state index in [1.165, 1.54) is 57.8 Å². The summed E-state index contributed by atoms with van der Waals surface area (Å²) in [6.45, 7) is 12.6. The third-order valence-corrected chi connectivity index (χ3v) is 10.3. The Labute approximate surface area is 188 Å². The summed E-state index contributed by atoms with van der Waals surface area (Å²) in [5, 5.41) is 10.2. The maximum absolute atomic E-state index is 10.2. The fourth-order valence-corrected chi connectivity index (χ4v) is 8.67. The number of aliphatic hydroxyl groups excluding tert-OH is 1. The van der Waals surface area contributed by atoms with Crippen LogP contribution in [0.4, 0.5) is 0 Å². The van der Waals surface area contributed by atoms with Crippen molar-refractivity contribution in [2.75, 3.05) is 0 Å². The maximum atomic E-state index is 10.2. The molecule has 3 fully saturated rings. The molecule has 0 saturated heterocycles. The molecule has 0 amide bonds. The van der Waals surface area contributed by atoms with Gasteiger partial charge in [-0.3, -0.25) is 0 Å². The second-order valence-corrected chi connectivity index (χ2v) is 12.2. The van der Waals surface area contributed by atoms with Crippen LogP contribution in [0.3, 0.4) is 0 Å². The molecular weight excluding hydrogens is 372 g/mol. The summed E-state index contributed by atoms with van der Waals surface area (Å²) in [6, 6.07) is 0. The predicted octanol–water partition coefficient (Wildman–Crippen LogP) is 7.50. The Hall–Kier alpha value is 0.0500. The first-order chi connectivity index (χ1) is 13.3. The van der Waals surface area contributed by atoms with E-state index >= 15 is 0 Å². The zero-order valence-corrected chi connectivity index (χ0v) is 20.8. The van der Waals surface area contributed by atoms with E-state index in [4.69, 9.17) is 0 Å². The average molecular weight is 421 g/mol. The predicted molar refractivity (Wildman–Crippen MR) is 129 cm³/mol. The molecule has 4 rings (SSSR count). The van der Waals surface area contributed by atoms with Crippen molar-refractivity contribution in [3.63, 3.8) is 0 Å². The quantitative estimate of drug-likeness (QED) is 0.456. The molecule has 0 aromatic heterocycles. The first-order valence-electron chi connectivity index (χ1n) is 12.6. The highest BCUT2D eigenvalue weighted by atomic mass is 32.1. The van der Waals surface area contributed by atoms with E-state index in [1.54, 1.807) is 5.57 Å². The lowest BCUT2D eigenvalue weighted by molar-refractivity contribution is -0.0573. The van der Waals surface area contributed by atoms with Gasteiger partial charge >= 0.3 is 0 Å². The van der Waals surface area contributed by atoms with Crippen molar-refractivity contribution in [3.8, 4) is 0 Å². The van der Waals surface area contributed by atoms with Crippen molar-refractivity contribution >= 4 is 13.5 Å². The van der Waals surface area contributed by atoms with Gasteiger partial charge in [-0.2, -0.15) is 13.5 Å². The molecule has 2 heteroatoms. The Morgan fingerprint density at radius 3 is 2.48 bits per heavy atom. The van der Waals surface area contributed by atoms with Gasteiger partial charge < -0.3 is 5.11 Å². The minimum atomic E-state index is -0.0766. The fourth-order valence-electron chi connectivity index (χ4n) is 8.67. The summed E-state index contributed by atoms with van der Waals surface area (Å²) in [5.41, 5.74) is 2.60. The van der Waals surface area contributed by atoms with E-state index in [-0.39, 0.29) is 19.6 Å². The SMILES string of the molecule is CC(C)CCC[C@@H](C)[C@H]1CC[C@H]2[C@@H]3CC=C4C[C@@H](O)CC[C@]4(C)[C@H]3CC[C@]12C.S. The molecule has 4 aliphatic carbocycles. The highest BCUT2D eigenvalue weighted by Crippen LogP contribution is 2.67. The molecule has 0 aromatic carbocycles. The molecule has 168 valence electrons. The third-order valence-electron chi connectivity index (χ3n) is 10.3. The summed E-state index contributed by atoms with van der Waals surface area (Å²) in [7, 11) is 0. The van der Waals surface area contributed by atoms with Crippen LogP contribution in [0.25, 0.3) is 0 Å². The molecule has 0 heterocycles. The average Bonchev–Trinajstić information content (AvgIpc) is 2.99. The number of hydrogen-bond acceptors (Lipinski definition) is 1. The van der Waals surface area contributed by atoms with Crippen LogP contribution >= 0.6 is 13.5 Å². The van der Waals surface area contributed by atoms with E-state index in [0.717, 1.165) is 48.3 Å². The van der Waals surface area contributed by atoms with Gasteiger partial charge in [-0.1, -0.05) is 65.5 Å². The molecule has 0 unspecified atom stereocenters. The first kappa shape index (κ1) is 23.7. The van der Waals surface area contributed by atoms with Crippen LogP contribution in [0.15, 0.2) is 11.6 Å². The molecule has 1 N–H and O–H groups in total. The number of fused-ring (bicyclic) bond motifs is 5. The van der Waals surface area contributed by atoms with E-state index in [9.17, 15) is 5.11 Å². The van der Waals surface area contributed by atoms with Crippen LogP contribution in [0.5, 0.6) is 0 Å². The normalized spacial score (nSPS) is 44.9. The lowest BCUT2D eigenvalue weighted by Crippen LogP contribution is -2.50. The summed E-state index contributed by atoms with van der Waals surface area (Å²) in [5.74, 6) is 5.46. The Kier molecular flexibility index (Phi) is 7.27. The number of aliphatic hydroxyl groups is 1. The fraction of sp³-hybridized carbons (Fsp3) is 0.926. The molecule has 0 bridgehead atoms. The zero-order chi connectivity index (χ0) is 20.1. The van der Waals surface area contributed by atoms with Crippen molar-refractivity contribution in [2.24, 2.45) is 46.3 Å². The molecule has 3 saturated carbocycles. The van der Waals surface area contributed by atoms with Gasteiger partial charge in [0.2, 0.25) is 0 Å². The summed E-state index contributed by atoms with van der Waals surface area (Å²) in [6.07, 6.45) is 17.2. The minimum Gasteiger partial charge on any atom is -0.393 e. The van der Waals surface area contributed by atoms with Crippen molar-refractivity contribution < 1.29 is 5.11 Å². The van der Waals surface area contributed by atoms with Crippen molar-refractivity contribution in [1.29, 1.82) is 0 Å². The van der Waals surface area contributed by atoms with Gasteiger partial charge in [-0.05, 0) is 97.7 Å². The van der Waals surface area contributed by atoms with Gasteiger partial charge in [-0.25, -0.2) is 0 Å². The highest BCUT2D eigenvalue weighted by Gasteiger charge is 2.59. The van der Waals surface area contributed by atoms with Gasteiger partial charge in [0.25, 0.3) is 0 Å². The Morgan fingerprint density at radius 1 is 1.00 bits per heavy atom. The number of hydrogen-bond donors (Lipinski definition) is 1. The molecule has 0 radical (unpaired) electrons. The standard InChI is InChI=1S/C27H46O.H2S/c1-18(2)7-6-8-19(3)23-11-12-24-22-10-9-20-17-21(28)13-15-26(20,4)25(22)14-16-27(23,24)5;/h9,18-19,21-25,28H,6-8,10-17H2,1-5H3;1H2/t19-,21+,22+,23-,24+,25+,26+,27-;/m1./s1. The van der Waals surface area contributed by atoms with Crippen LogP contribution in [0, 0.1) is 46.3 Å². The van der Waals surface area contributed by atoms with E-state index < -0.39 is 0 Å². The summed E-state index contributed by atoms with van der Waals surface area (Å²) in [4.78, 5) is 0. The summed E-state index contributed by atoms with van der Waals surface area (Å²) >= 11 is 0. The van der Waals surface area contributed by atoms with Crippen molar-refractivity contribution in [1.82, 2.24) is 0 Å². The molecule has 0 spiro atoms. The largest absolute Gasteiger partial charge is 0.393 e. The van der Waals surface area contributed by atoms with Crippen LogP contribution < -0.4 is 0 Å². The highest BCUT2D eigenvalue weighted by molar-refractivity contribution is 7.59. The zero-order valence-electron chi connectivity index (χ0n) is 19.8. The van der Waals surface area contributed by atoms with Crippen molar-refractivity contribution in [2.45, 2.75) is 111 Å². The van der Waals surface area contributed by atoms with Crippen LogP contribution in [0.2, 0.25) is 0 Å². The molecule has 4 aliphatic rings.